The molecule has 0 spiro atoms. The van der Waals surface area contributed by atoms with Crippen LogP contribution >= 0.6 is 0 Å². The fraction of sp³-hybridized carbons (Fsp3) is 0.533. The first-order chi connectivity index (χ1) is 10.0. The Morgan fingerprint density at radius 1 is 1.24 bits per heavy atom. The van der Waals surface area contributed by atoms with Gasteiger partial charge in [-0.25, -0.2) is 8.42 Å². The maximum absolute atomic E-state index is 12.3. The van der Waals surface area contributed by atoms with Crippen LogP contribution in [0.15, 0.2) is 29.2 Å². The van der Waals surface area contributed by atoms with Crippen LogP contribution in [0.2, 0.25) is 0 Å². The first-order valence-electron chi connectivity index (χ1n) is 7.15. The Bertz CT molecular complexity index is 622. The molecule has 5 nitrogen and oxygen atoms in total. The van der Waals surface area contributed by atoms with Gasteiger partial charge >= 0.3 is 0 Å². The Kier molecular flexibility index (Phi) is 5.34. The van der Waals surface area contributed by atoms with E-state index >= 15 is 0 Å². The summed E-state index contributed by atoms with van der Waals surface area (Å²) in [5.74, 6) is 0.103. The predicted molar refractivity (Wildman–Crippen MR) is 81.8 cm³/mol. The first kappa shape index (κ1) is 16.0. The summed E-state index contributed by atoms with van der Waals surface area (Å²) >= 11 is 0. The van der Waals surface area contributed by atoms with Gasteiger partial charge in [0.15, 0.2) is 9.84 Å². The molecule has 0 aromatic heterocycles. The molecule has 0 N–H and O–H groups in total. The van der Waals surface area contributed by atoms with Crippen molar-refractivity contribution >= 4 is 9.84 Å². The summed E-state index contributed by atoms with van der Waals surface area (Å²) in [7, 11) is -1.23. The van der Waals surface area contributed by atoms with Gasteiger partial charge in [0.1, 0.15) is 0 Å². The SMILES string of the molecule is CN1CCCN(CCS(=O)(=O)c2cccc(C#N)c2)CC1. The number of rotatable bonds is 4. The van der Waals surface area contributed by atoms with Crippen LogP contribution in [0.1, 0.15) is 12.0 Å². The molecule has 1 aromatic carbocycles. The number of nitrogens with zero attached hydrogens (tertiary/aromatic N) is 3. The number of likely N-dealkylation sites (N-methyl/N-ethyl adjacent to an activating group) is 1. The van der Waals surface area contributed by atoms with Gasteiger partial charge in [0.25, 0.3) is 0 Å². The molecule has 0 saturated carbocycles. The zero-order chi connectivity index (χ0) is 15.3. The van der Waals surface area contributed by atoms with E-state index in [1.54, 1.807) is 18.2 Å². The minimum atomic E-state index is -3.32. The maximum atomic E-state index is 12.3. The second-order valence-corrected chi connectivity index (χ2v) is 7.57. The van der Waals surface area contributed by atoms with Gasteiger partial charge in [-0.2, -0.15) is 5.26 Å². The van der Waals surface area contributed by atoms with Crippen molar-refractivity contribution in [1.29, 1.82) is 5.26 Å². The number of hydrogen-bond donors (Lipinski definition) is 0. The van der Waals surface area contributed by atoms with Crippen molar-refractivity contribution in [2.24, 2.45) is 0 Å². The van der Waals surface area contributed by atoms with Crippen LogP contribution in [0, 0.1) is 11.3 Å². The van der Waals surface area contributed by atoms with E-state index in [9.17, 15) is 8.42 Å². The van der Waals surface area contributed by atoms with E-state index in [1.165, 1.54) is 6.07 Å². The molecule has 1 aromatic rings. The van der Waals surface area contributed by atoms with Crippen molar-refractivity contribution in [3.63, 3.8) is 0 Å². The Hall–Kier alpha value is -1.42. The second kappa shape index (κ2) is 7.03. The Morgan fingerprint density at radius 3 is 2.81 bits per heavy atom. The molecule has 114 valence electrons. The van der Waals surface area contributed by atoms with E-state index in [1.807, 2.05) is 6.07 Å². The number of benzene rings is 1. The van der Waals surface area contributed by atoms with Gasteiger partial charge in [-0.3, -0.25) is 0 Å². The average Bonchev–Trinajstić information content (AvgIpc) is 2.70. The molecule has 1 fully saturated rings. The highest BCUT2D eigenvalue weighted by Gasteiger charge is 2.18. The molecule has 0 atom stereocenters. The lowest BCUT2D eigenvalue weighted by Crippen LogP contribution is -2.33. The van der Waals surface area contributed by atoms with E-state index < -0.39 is 9.84 Å². The van der Waals surface area contributed by atoms with Gasteiger partial charge in [0.2, 0.25) is 0 Å². The van der Waals surface area contributed by atoms with Crippen molar-refractivity contribution in [3.05, 3.63) is 29.8 Å². The molecule has 1 saturated heterocycles. The Labute approximate surface area is 126 Å². The molecule has 0 aliphatic carbocycles. The Morgan fingerprint density at radius 2 is 2.05 bits per heavy atom. The van der Waals surface area contributed by atoms with Crippen molar-refractivity contribution in [2.45, 2.75) is 11.3 Å². The third kappa shape index (κ3) is 4.53. The summed E-state index contributed by atoms with van der Waals surface area (Å²) < 4.78 is 24.7. The highest BCUT2D eigenvalue weighted by molar-refractivity contribution is 7.91. The molecule has 0 bridgehead atoms. The molecule has 2 rings (SSSR count). The summed E-state index contributed by atoms with van der Waals surface area (Å²) in [5, 5.41) is 8.86. The summed E-state index contributed by atoms with van der Waals surface area (Å²) in [4.78, 5) is 4.72. The number of nitriles is 1. The summed E-state index contributed by atoms with van der Waals surface area (Å²) in [6, 6.07) is 8.22. The third-order valence-electron chi connectivity index (χ3n) is 3.81. The zero-order valence-electron chi connectivity index (χ0n) is 12.3. The van der Waals surface area contributed by atoms with E-state index in [-0.39, 0.29) is 10.6 Å². The van der Waals surface area contributed by atoms with Crippen LogP contribution in [0.5, 0.6) is 0 Å². The molecule has 6 heteroatoms. The topological polar surface area (TPSA) is 64.4 Å². The van der Waals surface area contributed by atoms with Crippen LogP contribution in [-0.2, 0) is 9.84 Å². The first-order valence-corrected chi connectivity index (χ1v) is 8.80. The quantitative estimate of drug-likeness (QED) is 0.829. The van der Waals surface area contributed by atoms with Gasteiger partial charge in [0.05, 0.1) is 22.3 Å². The van der Waals surface area contributed by atoms with Crippen LogP contribution in [0.4, 0.5) is 0 Å². The van der Waals surface area contributed by atoms with Crippen LogP contribution in [0.3, 0.4) is 0 Å². The molecule has 0 unspecified atom stereocenters. The van der Waals surface area contributed by atoms with Gasteiger partial charge < -0.3 is 9.80 Å². The fourth-order valence-electron chi connectivity index (χ4n) is 2.45. The van der Waals surface area contributed by atoms with Gasteiger partial charge in [-0.05, 0) is 44.8 Å². The lowest BCUT2D eigenvalue weighted by molar-refractivity contribution is 0.289. The van der Waals surface area contributed by atoms with E-state index in [0.29, 0.717) is 12.1 Å². The summed E-state index contributed by atoms with van der Waals surface area (Å²) in [5.41, 5.74) is 0.382. The second-order valence-electron chi connectivity index (χ2n) is 5.46. The van der Waals surface area contributed by atoms with E-state index in [4.69, 9.17) is 5.26 Å². The summed E-state index contributed by atoms with van der Waals surface area (Å²) in [6.07, 6.45) is 1.07. The van der Waals surface area contributed by atoms with Gasteiger partial charge in [-0.1, -0.05) is 6.07 Å². The number of sulfone groups is 1. The largest absolute Gasteiger partial charge is 0.305 e. The predicted octanol–water partition coefficient (Wildman–Crippen LogP) is 0.969. The fourth-order valence-corrected chi connectivity index (χ4v) is 3.78. The normalized spacial score (nSPS) is 18.1. The minimum Gasteiger partial charge on any atom is -0.305 e. The van der Waals surface area contributed by atoms with Crippen LogP contribution in [0.25, 0.3) is 0 Å². The highest BCUT2D eigenvalue weighted by atomic mass is 32.2. The van der Waals surface area contributed by atoms with Crippen molar-refractivity contribution in [3.8, 4) is 6.07 Å². The Balaban J connectivity index is 1.99. The van der Waals surface area contributed by atoms with Gasteiger partial charge in [0, 0.05) is 19.6 Å². The molecular formula is C15H21N3O2S. The van der Waals surface area contributed by atoms with Gasteiger partial charge in [-0.15, -0.1) is 0 Å². The van der Waals surface area contributed by atoms with Crippen molar-refractivity contribution in [2.75, 3.05) is 45.5 Å². The molecule has 1 heterocycles. The zero-order valence-corrected chi connectivity index (χ0v) is 13.1. The van der Waals surface area contributed by atoms with E-state index in [0.717, 1.165) is 32.6 Å². The maximum Gasteiger partial charge on any atom is 0.179 e. The molecule has 0 radical (unpaired) electrons. The molecule has 1 aliphatic heterocycles. The van der Waals surface area contributed by atoms with E-state index in [2.05, 4.69) is 16.8 Å². The molecule has 1 aliphatic rings. The lowest BCUT2D eigenvalue weighted by atomic mass is 10.2. The monoisotopic (exact) mass is 307 g/mol. The minimum absolute atomic E-state index is 0.103. The standard InChI is InChI=1S/C15H21N3O2S/c1-17-6-3-7-18(9-8-17)10-11-21(19,20)15-5-2-4-14(12-15)13-16/h2,4-5,12H,3,6-11H2,1H3. The van der Waals surface area contributed by atoms with Crippen molar-refractivity contribution in [1.82, 2.24) is 9.80 Å². The van der Waals surface area contributed by atoms with Crippen molar-refractivity contribution < 1.29 is 8.42 Å². The molecular weight excluding hydrogens is 286 g/mol. The highest BCUT2D eigenvalue weighted by Crippen LogP contribution is 2.13. The van der Waals surface area contributed by atoms with Crippen LogP contribution in [-0.4, -0.2) is 63.7 Å². The number of hydrogen-bond acceptors (Lipinski definition) is 5. The average molecular weight is 307 g/mol. The summed E-state index contributed by atoms with van der Waals surface area (Å²) in [6.45, 7) is 4.44. The third-order valence-corrected chi connectivity index (χ3v) is 5.50. The smallest absolute Gasteiger partial charge is 0.179 e. The molecule has 0 amide bonds. The van der Waals surface area contributed by atoms with Crippen LogP contribution < -0.4 is 0 Å². The lowest BCUT2D eigenvalue weighted by Gasteiger charge is -2.19. The molecule has 21 heavy (non-hydrogen) atoms.